The Morgan fingerprint density at radius 1 is 1.04 bits per heavy atom. The summed E-state index contributed by atoms with van der Waals surface area (Å²) in [6, 6.07) is 8.61. The molecular weight excluding hydrogens is 318 g/mol. The normalized spacial score (nSPS) is 31.0. The molecule has 1 saturated carbocycles. The van der Waals surface area contributed by atoms with Gasteiger partial charge >= 0.3 is 6.03 Å². The van der Waals surface area contributed by atoms with Crippen LogP contribution in [0.4, 0.5) is 10.5 Å². The number of carbonyl (C=O) groups excluding carboxylic acids is 3. The maximum atomic E-state index is 12.8. The van der Waals surface area contributed by atoms with E-state index in [4.69, 9.17) is 0 Å². The van der Waals surface area contributed by atoms with Gasteiger partial charge in [-0.3, -0.25) is 14.5 Å². The molecule has 0 unspecified atom stereocenters. The highest BCUT2D eigenvalue weighted by Crippen LogP contribution is 2.49. The largest absolute Gasteiger partial charge is 0.320 e. The molecule has 2 N–H and O–H groups in total. The molecule has 0 radical (unpaired) electrons. The molecule has 3 aliphatic carbocycles. The lowest BCUT2D eigenvalue weighted by molar-refractivity contribution is -0.142. The van der Waals surface area contributed by atoms with Gasteiger partial charge in [0.1, 0.15) is 6.17 Å². The first kappa shape index (κ1) is 15.9. The van der Waals surface area contributed by atoms with Crippen molar-refractivity contribution in [1.29, 1.82) is 0 Å². The minimum absolute atomic E-state index is 0.151. The fourth-order valence-corrected chi connectivity index (χ4v) is 4.42. The smallest absolute Gasteiger partial charge is 0.317 e. The first-order chi connectivity index (χ1) is 12.1. The number of benzene rings is 1. The maximum absolute atomic E-state index is 12.8. The molecule has 1 heterocycles. The molecule has 25 heavy (non-hydrogen) atoms. The van der Waals surface area contributed by atoms with Gasteiger partial charge in [0.2, 0.25) is 11.8 Å². The number of carbonyl (C=O) groups is 3. The molecule has 130 valence electrons. The molecule has 6 heteroatoms. The van der Waals surface area contributed by atoms with Gasteiger partial charge in [0, 0.05) is 5.69 Å². The molecule has 2 fully saturated rings. The van der Waals surface area contributed by atoms with Crippen LogP contribution in [0, 0.1) is 23.7 Å². The molecule has 5 rings (SSSR count). The van der Waals surface area contributed by atoms with Crippen LogP contribution in [0.1, 0.15) is 19.8 Å². The Hall–Kier alpha value is -2.63. The van der Waals surface area contributed by atoms with Gasteiger partial charge in [0.15, 0.2) is 0 Å². The van der Waals surface area contributed by atoms with Crippen molar-refractivity contribution in [2.75, 3.05) is 5.32 Å². The van der Waals surface area contributed by atoms with Crippen molar-refractivity contribution in [3.63, 3.8) is 0 Å². The third-order valence-corrected chi connectivity index (χ3v) is 5.55. The van der Waals surface area contributed by atoms with Crippen LogP contribution in [0.15, 0.2) is 42.5 Å². The summed E-state index contributed by atoms with van der Waals surface area (Å²) in [6.45, 7) is 1.67. The Bertz CT molecular complexity index is 714. The number of anilines is 1. The second-order valence-electron chi connectivity index (χ2n) is 7.03. The van der Waals surface area contributed by atoms with Crippen LogP contribution in [0.5, 0.6) is 0 Å². The van der Waals surface area contributed by atoms with E-state index in [9.17, 15) is 14.4 Å². The van der Waals surface area contributed by atoms with Gasteiger partial charge in [-0.1, -0.05) is 30.4 Å². The van der Waals surface area contributed by atoms with E-state index in [0.29, 0.717) is 5.69 Å². The number of imide groups is 1. The SMILES string of the molecule is C[C@H](NC(=O)Nc1ccccc1)N1C(=O)[C@@H]2[C@@H](C1=O)[C@H]1C=C[C@H]2CC1. The highest BCUT2D eigenvalue weighted by Gasteiger charge is 2.57. The lowest BCUT2D eigenvalue weighted by Gasteiger charge is -2.38. The summed E-state index contributed by atoms with van der Waals surface area (Å²) < 4.78 is 0. The zero-order valence-electron chi connectivity index (χ0n) is 14.0. The van der Waals surface area contributed by atoms with Gasteiger partial charge in [0.25, 0.3) is 0 Å². The van der Waals surface area contributed by atoms with Crippen molar-refractivity contribution in [1.82, 2.24) is 10.2 Å². The second-order valence-corrected chi connectivity index (χ2v) is 7.03. The van der Waals surface area contributed by atoms with Crippen molar-refractivity contribution in [3.05, 3.63) is 42.5 Å². The zero-order valence-corrected chi connectivity index (χ0v) is 14.0. The molecular formula is C19H21N3O3. The summed E-state index contributed by atoms with van der Waals surface area (Å²) in [5.74, 6) is -0.498. The number of hydrogen-bond donors (Lipinski definition) is 2. The minimum atomic E-state index is -0.672. The van der Waals surface area contributed by atoms with E-state index < -0.39 is 12.2 Å². The first-order valence-electron chi connectivity index (χ1n) is 8.74. The van der Waals surface area contributed by atoms with Gasteiger partial charge in [-0.25, -0.2) is 4.79 Å². The van der Waals surface area contributed by atoms with E-state index >= 15 is 0 Å². The van der Waals surface area contributed by atoms with Crippen LogP contribution in [0.25, 0.3) is 0 Å². The highest BCUT2D eigenvalue weighted by molar-refractivity contribution is 6.06. The fraction of sp³-hybridized carbons (Fsp3) is 0.421. The topological polar surface area (TPSA) is 78.5 Å². The van der Waals surface area contributed by atoms with Crippen LogP contribution >= 0.6 is 0 Å². The predicted octanol–water partition coefficient (Wildman–Crippen LogP) is 2.35. The Morgan fingerprint density at radius 2 is 1.60 bits per heavy atom. The number of rotatable bonds is 3. The lowest BCUT2D eigenvalue weighted by atomic mass is 9.63. The maximum Gasteiger partial charge on any atom is 0.320 e. The number of amides is 4. The third-order valence-electron chi connectivity index (χ3n) is 5.55. The van der Waals surface area contributed by atoms with Crippen molar-refractivity contribution in [2.24, 2.45) is 23.7 Å². The summed E-state index contributed by atoms with van der Waals surface area (Å²) in [5.41, 5.74) is 0.655. The van der Waals surface area contributed by atoms with E-state index in [1.807, 2.05) is 18.2 Å². The molecule has 4 amide bonds. The summed E-state index contributed by atoms with van der Waals surface area (Å²) in [7, 11) is 0. The van der Waals surface area contributed by atoms with Gasteiger partial charge in [0.05, 0.1) is 11.8 Å². The standard InChI is InChI=1S/C19H21N3O3/c1-11(20-19(25)21-14-5-3-2-4-6-14)22-17(23)15-12-7-8-13(10-9-12)16(15)18(22)24/h2-8,11-13,15-16H,9-10H2,1H3,(H2,20,21,25)/t11-,12+,13+,15+,16+/m1/s1. The molecule has 1 saturated heterocycles. The van der Waals surface area contributed by atoms with Crippen LogP contribution < -0.4 is 10.6 Å². The summed E-state index contributed by atoms with van der Waals surface area (Å²) in [5, 5.41) is 5.41. The van der Waals surface area contributed by atoms with Crippen LogP contribution in [0.3, 0.4) is 0 Å². The molecule has 2 bridgehead atoms. The molecule has 1 aliphatic heterocycles. The van der Waals surface area contributed by atoms with Crippen LogP contribution in [0.2, 0.25) is 0 Å². The molecule has 5 atom stereocenters. The summed E-state index contributed by atoms with van der Waals surface area (Å²) in [6.07, 6.45) is 5.43. The third kappa shape index (κ3) is 2.62. The summed E-state index contributed by atoms with van der Waals surface area (Å²) in [4.78, 5) is 39.1. The van der Waals surface area contributed by atoms with Crippen molar-refractivity contribution < 1.29 is 14.4 Å². The predicted molar refractivity (Wildman–Crippen MR) is 92.2 cm³/mol. The van der Waals surface area contributed by atoms with Gasteiger partial charge in [-0.15, -0.1) is 0 Å². The minimum Gasteiger partial charge on any atom is -0.317 e. The van der Waals surface area contributed by atoms with Gasteiger partial charge in [-0.05, 0) is 43.7 Å². The first-order valence-corrected chi connectivity index (χ1v) is 8.74. The Kier molecular flexibility index (Phi) is 3.82. The van der Waals surface area contributed by atoms with Crippen molar-refractivity contribution in [3.8, 4) is 0 Å². The lowest BCUT2D eigenvalue weighted by Crippen LogP contribution is -2.50. The number of para-hydroxylation sites is 1. The van der Waals surface area contributed by atoms with E-state index in [1.54, 1.807) is 19.1 Å². The zero-order chi connectivity index (χ0) is 17.6. The molecule has 0 spiro atoms. The van der Waals surface area contributed by atoms with E-state index in [-0.39, 0.29) is 35.5 Å². The number of hydrogen-bond acceptors (Lipinski definition) is 3. The number of nitrogens with one attached hydrogen (secondary N) is 2. The number of fused-ring (bicyclic) bond motifs is 1. The molecule has 1 aromatic carbocycles. The Morgan fingerprint density at radius 3 is 2.12 bits per heavy atom. The molecule has 4 aliphatic rings. The van der Waals surface area contributed by atoms with E-state index in [0.717, 1.165) is 12.8 Å². The number of likely N-dealkylation sites (tertiary alicyclic amines) is 1. The number of urea groups is 1. The average molecular weight is 339 g/mol. The fourth-order valence-electron chi connectivity index (χ4n) is 4.42. The Balaban J connectivity index is 1.46. The summed E-state index contributed by atoms with van der Waals surface area (Å²) >= 11 is 0. The van der Waals surface area contributed by atoms with Gasteiger partial charge < -0.3 is 10.6 Å². The quantitative estimate of drug-likeness (QED) is 0.655. The Labute approximate surface area is 146 Å². The van der Waals surface area contributed by atoms with E-state index in [1.165, 1.54) is 4.90 Å². The second kappa shape index (κ2) is 6.02. The molecule has 6 nitrogen and oxygen atoms in total. The molecule has 1 aromatic rings. The van der Waals surface area contributed by atoms with Crippen LogP contribution in [-0.4, -0.2) is 28.9 Å². The van der Waals surface area contributed by atoms with Crippen molar-refractivity contribution in [2.45, 2.75) is 25.9 Å². The van der Waals surface area contributed by atoms with Crippen molar-refractivity contribution >= 4 is 23.5 Å². The average Bonchev–Trinajstić information content (AvgIpc) is 2.90. The monoisotopic (exact) mass is 339 g/mol. The number of allylic oxidation sites excluding steroid dienone is 2. The van der Waals surface area contributed by atoms with E-state index in [2.05, 4.69) is 22.8 Å². The number of nitrogens with zero attached hydrogens (tertiary/aromatic N) is 1. The van der Waals surface area contributed by atoms with Crippen LogP contribution in [-0.2, 0) is 9.59 Å². The molecule has 0 aromatic heterocycles. The highest BCUT2D eigenvalue weighted by atomic mass is 16.2. The van der Waals surface area contributed by atoms with Gasteiger partial charge in [-0.2, -0.15) is 0 Å².